The number of benzene rings is 1. The second-order valence-electron chi connectivity index (χ2n) is 6.21. The van der Waals surface area contributed by atoms with Gasteiger partial charge in [0.05, 0.1) is 34.9 Å². The number of thiophene rings is 1. The van der Waals surface area contributed by atoms with Crippen LogP contribution in [0, 0.1) is 0 Å². The van der Waals surface area contributed by atoms with E-state index in [0.717, 1.165) is 11.3 Å². The van der Waals surface area contributed by atoms with Crippen LogP contribution in [-0.4, -0.2) is 27.6 Å². The molecule has 0 radical (unpaired) electrons. The van der Waals surface area contributed by atoms with Gasteiger partial charge in [-0.1, -0.05) is 36.4 Å². The van der Waals surface area contributed by atoms with Crippen molar-refractivity contribution in [2.24, 2.45) is 0 Å². The SMILES string of the molecule is O=C(N[C@H]1Cc2c(C(=O)NCc3ccccc3)cnn2C1)c1cccs1. The molecule has 0 aliphatic carbocycles. The van der Waals surface area contributed by atoms with Gasteiger partial charge in [-0.15, -0.1) is 11.3 Å². The monoisotopic (exact) mass is 366 g/mol. The van der Waals surface area contributed by atoms with Gasteiger partial charge in [0.25, 0.3) is 11.8 Å². The molecule has 6 nitrogen and oxygen atoms in total. The number of hydrogen-bond donors (Lipinski definition) is 2. The van der Waals surface area contributed by atoms with Crippen molar-refractivity contribution in [3.63, 3.8) is 0 Å². The van der Waals surface area contributed by atoms with Gasteiger partial charge >= 0.3 is 0 Å². The van der Waals surface area contributed by atoms with Crippen molar-refractivity contribution in [1.82, 2.24) is 20.4 Å². The summed E-state index contributed by atoms with van der Waals surface area (Å²) >= 11 is 1.41. The van der Waals surface area contributed by atoms with E-state index in [1.807, 2.05) is 41.8 Å². The second kappa shape index (κ2) is 7.13. The fourth-order valence-electron chi connectivity index (χ4n) is 3.11. The molecule has 2 aromatic heterocycles. The summed E-state index contributed by atoms with van der Waals surface area (Å²) in [5.41, 5.74) is 2.49. The van der Waals surface area contributed by atoms with Crippen molar-refractivity contribution < 1.29 is 9.59 Å². The van der Waals surface area contributed by atoms with Crippen LogP contribution < -0.4 is 10.6 Å². The van der Waals surface area contributed by atoms with Gasteiger partial charge in [0.2, 0.25) is 0 Å². The fourth-order valence-corrected chi connectivity index (χ4v) is 3.74. The first-order valence-corrected chi connectivity index (χ1v) is 9.30. The fraction of sp³-hybridized carbons (Fsp3) is 0.211. The summed E-state index contributed by atoms with van der Waals surface area (Å²) < 4.78 is 1.80. The van der Waals surface area contributed by atoms with E-state index in [-0.39, 0.29) is 17.9 Å². The van der Waals surface area contributed by atoms with Crippen molar-refractivity contribution in [3.8, 4) is 0 Å². The number of nitrogens with one attached hydrogen (secondary N) is 2. The molecule has 0 unspecified atom stereocenters. The molecule has 1 aliphatic rings. The first kappa shape index (κ1) is 16.5. The highest BCUT2D eigenvalue weighted by molar-refractivity contribution is 7.12. The Morgan fingerprint density at radius 2 is 2.00 bits per heavy atom. The third-order valence-corrected chi connectivity index (χ3v) is 5.27. The van der Waals surface area contributed by atoms with Crippen molar-refractivity contribution >= 4 is 23.2 Å². The van der Waals surface area contributed by atoms with Crippen LogP contribution in [0.15, 0.2) is 54.0 Å². The van der Waals surface area contributed by atoms with Crippen LogP contribution in [0.25, 0.3) is 0 Å². The number of rotatable bonds is 5. The Kier molecular flexibility index (Phi) is 4.53. The Morgan fingerprint density at radius 3 is 2.77 bits per heavy atom. The van der Waals surface area contributed by atoms with Crippen LogP contribution in [-0.2, 0) is 19.5 Å². The Hall–Kier alpha value is -2.93. The van der Waals surface area contributed by atoms with Gasteiger partial charge in [0, 0.05) is 13.0 Å². The van der Waals surface area contributed by atoms with Crippen molar-refractivity contribution in [2.45, 2.75) is 25.6 Å². The number of hydrogen-bond acceptors (Lipinski definition) is 4. The van der Waals surface area contributed by atoms with E-state index in [9.17, 15) is 9.59 Å². The first-order chi connectivity index (χ1) is 12.7. The summed E-state index contributed by atoms with van der Waals surface area (Å²) in [4.78, 5) is 25.4. The molecule has 0 fully saturated rings. The topological polar surface area (TPSA) is 76.0 Å². The van der Waals surface area contributed by atoms with E-state index in [4.69, 9.17) is 0 Å². The average Bonchev–Trinajstić information content (AvgIpc) is 3.37. The zero-order valence-corrected chi connectivity index (χ0v) is 14.8. The third-order valence-electron chi connectivity index (χ3n) is 4.40. The van der Waals surface area contributed by atoms with Crippen molar-refractivity contribution in [1.29, 1.82) is 0 Å². The summed E-state index contributed by atoms with van der Waals surface area (Å²) in [5.74, 6) is -0.217. The minimum atomic E-state index is -0.139. The lowest BCUT2D eigenvalue weighted by atomic mass is 10.1. The Bertz CT molecular complexity index is 918. The Balaban J connectivity index is 1.38. The van der Waals surface area contributed by atoms with Gasteiger partial charge in [0.15, 0.2) is 0 Å². The number of aromatic nitrogens is 2. The summed E-state index contributed by atoms with van der Waals surface area (Å²) in [6.07, 6.45) is 2.21. The normalized spacial score (nSPS) is 15.5. The average molecular weight is 366 g/mol. The largest absolute Gasteiger partial charge is 0.348 e. The number of amides is 2. The van der Waals surface area contributed by atoms with Crippen LogP contribution >= 0.6 is 11.3 Å². The lowest BCUT2D eigenvalue weighted by Crippen LogP contribution is -2.35. The second-order valence-corrected chi connectivity index (χ2v) is 7.15. The first-order valence-electron chi connectivity index (χ1n) is 8.42. The highest BCUT2D eigenvalue weighted by atomic mass is 32.1. The molecule has 4 rings (SSSR count). The number of carbonyl (C=O) groups is 2. The maximum Gasteiger partial charge on any atom is 0.261 e. The van der Waals surface area contributed by atoms with Gasteiger partial charge < -0.3 is 10.6 Å². The summed E-state index contributed by atoms with van der Waals surface area (Å²) in [6.45, 7) is 1.06. The molecular weight excluding hydrogens is 348 g/mol. The van der Waals surface area contributed by atoms with Crippen LogP contribution in [0.5, 0.6) is 0 Å². The number of nitrogens with zero attached hydrogens (tertiary/aromatic N) is 2. The number of carbonyl (C=O) groups excluding carboxylic acids is 2. The smallest absolute Gasteiger partial charge is 0.261 e. The van der Waals surface area contributed by atoms with Crippen LogP contribution in [0.1, 0.15) is 31.3 Å². The molecule has 2 amide bonds. The van der Waals surface area contributed by atoms with Gasteiger partial charge in [0.1, 0.15) is 0 Å². The molecule has 1 atom stereocenters. The van der Waals surface area contributed by atoms with E-state index >= 15 is 0 Å². The summed E-state index contributed by atoms with van der Waals surface area (Å²) in [7, 11) is 0. The standard InChI is InChI=1S/C19H18N4O2S/c24-18(20-10-13-5-2-1-3-6-13)15-11-21-23-12-14(9-16(15)23)22-19(25)17-7-4-8-26-17/h1-8,11,14H,9-10,12H2,(H,20,24)(H,22,25)/t14-/m0/s1. The molecular formula is C19H18N4O2S. The van der Waals surface area contributed by atoms with Crippen molar-refractivity contribution in [2.75, 3.05) is 0 Å². The minimum absolute atomic E-state index is 0.0472. The van der Waals surface area contributed by atoms with Gasteiger partial charge in [-0.05, 0) is 17.0 Å². The molecule has 0 saturated heterocycles. The quantitative estimate of drug-likeness (QED) is 0.727. The zero-order valence-electron chi connectivity index (χ0n) is 14.0. The van der Waals surface area contributed by atoms with Gasteiger partial charge in [-0.25, -0.2) is 0 Å². The summed E-state index contributed by atoms with van der Waals surface area (Å²) in [6, 6.07) is 13.4. The minimum Gasteiger partial charge on any atom is -0.348 e. The summed E-state index contributed by atoms with van der Waals surface area (Å²) in [5, 5.41) is 12.1. The molecule has 0 saturated carbocycles. The van der Waals surface area contributed by atoms with E-state index in [1.165, 1.54) is 11.3 Å². The molecule has 132 valence electrons. The molecule has 3 aromatic rings. The molecule has 1 aromatic carbocycles. The van der Waals surface area contributed by atoms with Gasteiger partial charge in [-0.3, -0.25) is 14.3 Å². The van der Waals surface area contributed by atoms with Crippen LogP contribution in [0.4, 0.5) is 0 Å². The Labute approximate surface area is 154 Å². The van der Waals surface area contributed by atoms with Gasteiger partial charge in [-0.2, -0.15) is 5.10 Å². The molecule has 3 heterocycles. The Morgan fingerprint density at radius 1 is 1.15 bits per heavy atom. The lowest BCUT2D eigenvalue weighted by molar-refractivity contribution is 0.0938. The highest BCUT2D eigenvalue weighted by Gasteiger charge is 2.29. The predicted octanol–water partition coefficient (Wildman–Crippen LogP) is 2.23. The molecule has 1 aliphatic heterocycles. The van der Waals surface area contributed by atoms with Crippen LogP contribution in [0.3, 0.4) is 0 Å². The maximum atomic E-state index is 12.5. The number of fused-ring (bicyclic) bond motifs is 1. The van der Waals surface area contributed by atoms with Crippen LogP contribution in [0.2, 0.25) is 0 Å². The molecule has 0 bridgehead atoms. The molecule has 2 N–H and O–H groups in total. The van der Waals surface area contributed by atoms with Crippen molar-refractivity contribution in [3.05, 3.63) is 75.7 Å². The highest BCUT2D eigenvalue weighted by Crippen LogP contribution is 2.20. The van der Waals surface area contributed by atoms with E-state index < -0.39 is 0 Å². The third kappa shape index (κ3) is 3.39. The van der Waals surface area contributed by atoms with E-state index in [2.05, 4.69) is 15.7 Å². The lowest BCUT2D eigenvalue weighted by Gasteiger charge is -2.10. The van der Waals surface area contributed by atoms with E-state index in [1.54, 1.807) is 16.9 Å². The molecule has 7 heteroatoms. The zero-order chi connectivity index (χ0) is 17.9. The predicted molar refractivity (Wildman–Crippen MR) is 99.1 cm³/mol. The van der Waals surface area contributed by atoms with E-state index in [0.29, 0.717) is 30.0 Å². The molecule has 0 spiro atoms. The maximum absolute atomic E-state index is 12.5. The molecule has 26 heavy (non-hydrogen) atoms.